The molecule has 0 atom stereocenters. The quantitative estimate of drug-likeness (QED) is 0.447. The van der Waals surface area contributed by atoms with Crippen molar-refractivity contribution in [3.63, 3.8) is 0 Å². The second-order valence-electron chi connectivity index (χ2n) is 7.52. The van der Waals surface area contributed by atoms with Crippen molar-refractivity contribution in [2.24, 2.45) is 0 Å². The number of morpholine rings is 1. The van der Waals surface area contributed by atoms with Crippen LogP contribution in [0.5, 0.6) is 0 Å². The van der Waals surface area contributed by atoms with Gasteiger partial charge in [-0.2, -0.15) is 4.98 Å². The van der Waals surface area contributed by atoms with Gasteiger partial charge in [-0.1, -0.05) is 6.07 Å². The molecule has 0 amide bonds. The van der Waals surface area contributed by atoms with E-state index >= 15 is 0 Å². The summed E-state index contributed by atoms with van der Waals surface area (Å²) in [4.78, 5) is 27.5. The molecule has 3 aromatic heterocycles. The molecule has 0 unspecified atom stereocenters. The highest BCUT2D eigenvalue weighted by Crippen LogP contribution is 2.29. The fourth-order valence-corrected chi connectivity index (χ4v) is 3.84. The minimum Gasteiger partial charge on any atom is -0.465 e. The van der Waals surface area contributed by atoms with Crippen molar-refractivity contribution in [3.05, 3.63) is 60.4 Å². The predicted octanol–water partition coefficient (Wildman–Crippen LogP) is 2.76. The molecule has 4 heterocycles. The number of rotatable bonds is 5. The molecule has 1 aliphatic rings. The van der Waals surface area contributed by atoms with Crippen LogP contribution < -0.4 is 16.0 Å². The van der Waals surface area contributed by atoms with Gasteiger partial charge >= 0.3 is 5.97 Å². The average Bonchev–Trinajstić information content (AvgIpc) is 3.28. The van der Waals surface area contributed by atoms with Crippen LogP contribution >= 0.6 is 0 Å². The highest BCUT2D eigenvalue weighted by molar-refractivity contribution is 5.93. The molecule has 33 heavy (non-hydrogen) atoms. The Morgan fingerprint density at radius 1 is 1.15 bits per heavy atom. The smallest absolute Gasteiger partial charge is 0.337 e. The van der Waals surface area contributed by atoms with Gasteiger partial charge in [0.05, 0.1) is 43.3 Å². The summed E-state index contributed by atoms with van der Waals surface area (Å²) in [5.41, 5.74) is 9.35. The Morgan fingerprint density at radius 3 is 2.76 bits per heavy atom. The number of fused-ring (bicyclic) bond motifs is 1. The van der Waals surface area contributed by atoms with Gasteiger partial charge in [-0.3, -0.25) is 0 Å². The molecule has 10 heteroatoms. The van der Waals surface area contributed by atoms with E-state index in [0.717, 1.165) is 30.1 Å². The van der Waals surface area contributed by atoms with Gasteiger partial charge in [0.1, 0.15) is 11.3 Å². The van der Waals surface area contributed by atoms with Gasteiger partial charge in [0.2, 0.25) is 5.95 Å². The molecular formula is C23H23N7O3. The van der Waals surface area contributed by atoms with Crippen LogP contribution in [0.2, 0.25) is 0 Å². The zero-order valence-electron chi connectivity index (χ0n) is 18.1. The summed E-state index contributed by atoms with van der Waals surface area (Å²) in [5, 5.41) is 3.26. The van der Waals surface area contributed by atoms with Gasteiger partial charge in [-0.25, -0.2) is 14.8 Å². The summed E-state index contributed by atoms with van der Waals surface area (Å²) in [6.45, 7) is 3.06. The third-order valence-corrected chi connectivity index (χ3v) is 5.44. The Balaban J connectivity index is 1.51. The Labute approximate surface area is 190 Å². The molecule has 1 aliphatic heterocycles. The van der Waals surface area contributed by atoms with E-state index in [2.05, 4.69) is 25.2 Å². The second kappa shape index (κ2) is 8.75. The van der Waals surface area contributed by atoms with Crippen molar-refractivity contribution in [2.45, 2.75) is 0 Å². The fourth-order valence-electron chi connectivity index (χ4n) is 3.84. The number of methoxy groups -OCH3 is 1. The van der Waals surface area contributed by atoms with Gasteiger partial charge < -0.3 is 30.0 Å². The maximum atomic E-state index is 11.9. The van der Waals surface area contributed by atoms with Crippen molar-refractivity contribution < 1.29 is 14.3 Å². The lowest BCUT2D eigenvalue weighted by atomic mass is 10.2. The number of ether oxygens (including phenoxy) is 2. The van der Waals surface area contributed by atoms with Gasteiger partial charge in [-0.15, -0.1) is 0 Å². The molecule has 5 rings (SSSR count). The lowest BCUT2D eigenvalue weighted by molar-refractivity contribution is 0.0601. The number of anilines is 4. The molecule has 0 bridgehead atoms. The summed E-state index contributed by atoms with van der Waals surface area (Å²) >= 11 is 0. The van der Waals surface area contributed by atoms with Crippen LogP contribution in [0.15, 0.2) is 54.9 Å². The van der Waals surface area contributed by atoms with Gasteiger partial charge in [0.15, 0.2) is 5.82 Å². The van der Waals surface area contributed by atoms with Crippen LogP contribution in [-0.4, -0.2) is 58.9 Å². The molecule has 3 N–H and O–H groups in total. The number of hydrogen-bond acceptors (Lipinski definition) is 9. The highest BCUT2D eigenvalue weighted by atomic mass is 16.5. The summed E-state index contributed by atoms with van der Waals surface area (Å²) in [7, 11) is 1.35. The van der Waals surface area contributed by atoms with E-state index in [4.69, 9.17) is 15.2 Å². The first-order valence-corrected chi connectivity index (χ1v) is 10.5. The van der Waals surface area contributed by atoms with E-state index < -0.39 is 5.97 Å². The summed E-state index contributed by atoms with van der Waals surface area (Å²) in [6.07, 6.45) is 3.72. The predicted molar refractivity (Wildman–Crippen MR) is 125 cm³/mol. The standard InChI is InChI=1S/C23H23N7O3/c1-32-22(31)15-3-2-4-16(13-15)26-21-20-18(27-23(24)28-21)7-8-30(20)17-5-6-19(25-14-17)29-9-11-33-12-10-29/h2-8,13-14H,9-12H2,1H3,(H3,24,26,27,28). The first-order valence-electron chi connectivity index (χ1n) is 10.5. The summed E-state index contributed by atoms with van der Waals surface area (Å²) in [6, 6.07) is 12.9. The molecule has 168 valence electrons. The van der Waals surface area contributed by atoms with Crippen molar-refractivity contribution >= 4 is 40.3 Å². The lowest BCUT2D eigenvalue weighted by Gasteiger charge is -2.27. The largest absolute Gasteiger partial charge is 0.465 e. The Bertz CT molecular complexity index is 1300. The Morgan fingerprint density at radius 2 is 2.00 bits per heavy atom. The number of aromatic nitrogens is 4. The third kappa shape index (κ3) is 4.15. The minimum absolute atomic E-state index is 0.146. The Kier molecular flexibility index (Phi) is 5.49. The fraction of sp³-hybridized carbons (Fsp3) is 0.217. The molecule has 4 aromatic rings. The zero-order chi connectivity index (χ0) is 22.8. The number of nitrogens with zero attached hydrogens (tertiary/aromatic N) is 5. The number of carbonyl (C=O) groups is 1. The number of nitrogens with one attached hydrogen (secondary N) is 1. The van der Waals surface area contributed by atoms with Gasteiger partial charge in [0, 0.05) is 25.0 Å². The molecule has 1 saturated heterocycles. The van der Waals surface area contributed by atoms with E-state index in [1.165, 1.54) is 7.11 Å². The SMILES string of the molecule is COC(=O)c1cccc(Nc2nc(N)nc3ccn(-c4ccc(N5CCOCC5)nc4)c23)c1. The third-order valence-electron chi connectivity index (χ3n) is 5.44. The van der Waals surface area contributed by atoms with E-state index in [9.17, 15) is 4.79 Å². The number of benzene rings is 1. The van der Waals surface area contributed by atoms with Gasteiger partial charge in [-0.05, 0) is 36.4 Å². The van der Waals surface area contributed by atoms with E-state index in [-0.39, 0.29) is 5.95 Å². The highest BCUT2D eigenvalue weighted by Gasteiger charge is 2.16. The number of nitrogens with two attached hydrogens (primary N) is 1. The molecule has 0 saturated carbocycles. The van der Waals surface area contributed by atoms with E-state index in [1.54, 1.807) is 18.2 Å². The number of esters is 1. The van der Waals surface area contributed by atoms with Gasteiger partial charge in [0.25, 0.3) is 0 Å². The lowest BCUT2D eigenvalue weighted by Crippen LogP contribution is -2.36. The van der Waals surface area contributed by atoms with Crippen LogP contribution in [0, 0.1) is 0 Å². The van der Waals surface area contributed by atoms with Crippen molar-refractivity contribution in [1.82, 2.24) is 19.5 Å². The number of carbonyl (C=O) groups excluding carboxylic acids is 1. The van der Waals surface area contributed by atoms with Crippen LogP contribution in [0.1, 0.15) is 10.4 Å². The molecule has 0 aliphatic carbocycles. The van der Waals surface area contributed by atoms with Crippen molar-refractivity contribution in [2.75, 3.05) is 49.4 Å². The molecule has 1 fully saturated rings. The molecule has 1 aromatic carbocycles. The maximum Gasteiger partial charge on any atom is 0.337 e. The molecular weight excluding hydrogens is 422 g/mol. The van der Waals surface area contributed by atoms with Crippen molar-refractivity contribution in [3.8, 4) is 5.69 Å². The van der Waals surface area contributed by atoms with Crippen LogP contribution in [0.4, 0.5) is 23.3 Å². The molecule has 10 nitrogen and oxygen atoms in total. The minimum atomic E-state index is -0.416. The molecule has 0 spiro atoms. The Hall–Kier alpha value is -4.18. The first kappa shape index (κ1) is 20.7. The number of nitrogen functional groups attached to an aromatic ring is 1. The van der Waals surface area contributed by atoms with E-state index in [0.29, 0.717) is 35.8 Å². The van der Waals surface area contributed by atoms with Crippen LogP contribution in [-0.2, 0) is 9.47 Å². The summed E-state index contributed by atoms with van der Waals surface area (Å²) in [5.74, 6) is 1.16. The van der Waals surface area contributed by atoms with Crippen molar-refractivity contribution in [1.29, 1.82) is 0 Å². The normalized spacial score (nSPS) is 13.8. The number of pyridine rings is 1. The van der Waals surface area contributed by atoms with E-state index in [1.807, 2.05) is 41.2 Å². The van der Waals surface area contributed by atoms with Crippen LogP contribution in [0.3, 0.4) is 0 Å². The first-order chi connectivity index (χ1) is 16.1. The molecule has 0 radical (unpaired) electrons. The number of hydrogen-bond donors (Lipinski definition) is 2. The summed E-state index contributed by atoms with van der Waals surface area (Å²) < 4.78 is 12.2. The topological polar surface area (TPSA) is 120 Å². The zero-order valence-corrected chi connectivity index (χ0v) is 18.1. The average molecular weight is 445 g/mol. The monoisotopic (exact) mass is 445 g/mol. The van der Waals surface area contributed by atoms with Crippen LogP contribution in [0.25, 0.3) is 16.7 Å². The second-order valence-corrected chi connectivity index (χ2v) is 7.52. The maximum absolute atomic E-state index is 11.9.